The smallest absolute Gasteiger partial charge is 0.243 e. The van der Waals surface area contributed by atoms with Crippen LogP contribution in [0.25, 0.3) is 0 Å². The summed E-state index contributed by atoms with van der Waals surface area (Å²) in [5.41, 5.74) is 4.11. The fourth-order valence-electron chi connectivity index (χ4n) is 3.99. The predicted octanol–water partition coefficient (Wildman–Crippen LogP) is 5.32. The molecule has 168 valence electrons. The van der Waals surface area contributed by atoms with Gasteiger partial charge in [-0.2, -0.15) is 4.31 Å². The first-order chi connectivity index (χ1) is 14.8. The second kappa shape index (κ2) is 10.7. The van der Waals surface area contributed by atoms with E-state index in [1.807, 2.05) is 12.1 Å². The van der Waals surface area contributed by atoms with Crippen LogP contribution in [0, 0.1) is 0 Å². The molecule has 2 aromatic carbocycles. The van der Waals surface area contributed by atoms with Gasteiger partial charge in [-0.1, -0.05) is 48.3 Å². The van der Waals surface area contributed by atoms with E-state index in [0.717, 1.165) is 59.0 Å². The van der Waals surface area contributed by atoms with Crippen molar-refractivity contribution in [3.8, 4) is 0 Å². The third-order valence-electron chi connectivity index (χ3n) is 5.81. The van der Waals surface area contributed by atoms with Gasteiger partial charge in [0.05, 0.1) is 4.90 Å². The van der Waals surface area contributed by atoms with Gasteiger partial charge < -0.3 is 5.32 Å². The van der Waals surface area contributed by atoms with Crippen molar-refractivity contribution in [2.24, 2.45) is 0 Å². The predicted molar refractivity (Wildman–Crippen MR) is 129 cm³/mol. The molecule has 31 heavy (non-hydrogen) atoms. The molecule has 1 saturated heterocycles. The summed E-state index contributed by atoms with van der Waals surface area (Å²) in [6.07, 6.45) is 5.53. The molecule has 1 amide bonds. The van der Waals surface area contributed by atoms with Crippen LogP contribution in [0.4, 0.5) is 5.69 Å². The SMILES string of the molecule is CCc1cc(Br)cc(CC)c1NC(=O)CCc1ccc(S(=O)(=O)N2CCCCC2)cc1. The molecule has 1 aliphatic heterocycles. The highest BCUT2D eigenvalue weighted by atomic mass is 79.9. The van der Waals surface area contributed by atoms with E-state index in [4.69, 9.17) is 0 Å². The first kappa shape index (κ1) is 24.0. The third-order valence-corrected chi connectivity index (χ3v) is 8.18. The van der Waals surface area contributed by atoms with Gasteiger partial charge in [0, 0.05) is 29.7 Å². The minimum atomic E-state index is -3.42. The maximum Gasteiger partial charge on any atom is 0.243 e. The van der Waals surface area contributed by atoms with Gasteiger partial charge in [0.25, 0.3) is 0 Å². The number of anilines is 1. The first-order valence-electron chi connectivity index (χ1n) is 11.1. The zero-order valence-corrected chi connectivity index (χ0v) is 20.7. The zero-order chi connectivity index (χ0) is 22.4. The van der Waals surface area contributed by atoms with Crippen LogP contribution in [-0.2, 0) is 34.1 Å². The highest BCUT2D eigenvalue weighted by molar-refractivity contribution is 9.10. The number of carbonyl (C=O) groups is 1. The van der Waals surface area contributed by atoms with Crippen LogP contribution in [0.3, 0.4) is 0 Å². The lowest BCUT2D eigenvalue weighted by Gasteiger charge is -2.25. The van der Waals surface area contributed by atoms with E-state index < -0.39 is 10.0 Å². The molecular weight excluding hydrogens is 476 g/mol. The molecule has 1 heterocycles. The summed E-state index contributed by atoms with van der Waals surface area (Å²) < 4.78 is 28.1. The number of carbonyl (C=O) groups excluding carboxylic acids is 1. The summed E-state index contributed by atoms with van der Waals surface area (Å²) in [5, 5.41) is 3.09. The quantitative estimate of drug-likeness (QED) is 0.526. The van der Waals surface area contributed by atoms with E-state index in [2.05, 4.69) is 47.2 Å². The number of sulfonamides is 1. The number of halogens is 1. The van der Waals surface area contributed by atoms with Crippen LogP contribution in [-0.4, -0.2) is 31.7 Å². The molecule has 2 aromatic rings. The molecule has 3 rings (SSSR count). The Morgan fingerprint density at radius 3 is 2.13 bits per heavy atom. The van der Waals surface area contributed by atoms with Gasteiger partial charge in [0.15, 0.2) is 0 Å². The Balaban J connectivity index is 1.62. The molecule has 0 saturated carbocycles. The molecule has 0 aromatic heterocycles. The maximum absolute atomic E-state index is 12.8. The largest absolute Gasteiger partial charge is 0.326 e. The Morgan fingerprint density at radius 1 is 1.00 bits per heavy atom. The number of amides is 1. The van der Waals surface area contributed by atoms with Crippen LogP contribution in [0.15, 0.2) is 45.8 Å². The number of nitrogens with one attached hydrogen (secondary N) is 1. The zero-order valence-electron chi connectivity index (χ0n) is 18.3. The van der Waals surface area contributed by atoms with Crippen molar-refractivity contribution in [3.05, 3.63) is 57.6 Å². The van der Waals surface area contributed by atoms with Crippen molar-refractivity contribution >= 4 is 37.5 Å². The van der Waals surface area contributed by atoms with E-state index in [0.29, 0.717) is 30.8 Å². The van der Waals surface area contributed by atoms with Crippen LogP contribution in [0.1, 0.15) is 56.2 Å². The molecule has 0 radical (unpaired) electrons. The van der Waals surface area contributed by atoms with Crippen molar-refractivity contribution < 1.29 is 13.2 Å². The number of piperidine rings is 1. The molecule has 0 spiro atoms. The first-order valence-corrected chi connectivity index (χ1v) is 13.3. The van der Waals surface area contributed by atoms with Gasteiger partial charge in [-0.05, 0) is 73.1 Å². The number of hydrogen-bond donors (Lipinski definition) is 1. The number of nitrogens with zero attached hydrogens (tertiary/aromatic N) is 1. The van der Waals surface area contributed by atoms with E-state index in [9.17, 15) is 13.2 Å². The molecule has 1 N–H and O–H groups in total. The number of hydrogen-bond acceptors (Lipinski definition) is 3. The topological polar surface area (TPSA) is 66.5 Å². The van der Waals surface area contributed by atoms with E-state index in [-0.39, 0.29) is 5.91 Å². The summed E-state index contributed by atoms with van der Waals surface area (Å²) in [5.74, 6) is -0.0308. The average Bonchev–Trinajstić information content (AvgIpc) is 2.79. The van der Waals surface area contributed by atoms with Crippen LogP contribution < -0.4 is 5.32 Å². The number of aryl methyl sites for hydroxylation is 3. The molecule has 0 aliphatic carbocycles. The highest BCUT2D eigenvalue weighted by Gasteiger charge is 2.25. The van der Waals surface area contributed by atoms with Gasteiger partial charge in [-0.15, -0.1) is 0 Å². The molecule has 1 aliphatic rings. The van der Waals surface area contributed by atoms with Gasteiger partial charge in [-0.3, -0.25) is 4.79 Å². The van der Waals surface area contributed by atoms with Gasteiger partial charge in [-0.25, -0.2) is 8.42 Å². The van der Waals surface area contributed by atoms with Gasteiger partial charge in [0.2, 0.25) is 15.9 Å². The van der Waals surface area contributed by atoms with Crippen LogP contribution in [0.2, 0.25) is 0 Å². The van der Waals surface area contributed by atoms with Crippen molar-refractivity contribution in [1.82, 2.24) is 4.31 Å². The Labute approximate surface area is 194 Å². The van der Waals surface area contributed by atoms with Crippen molar-refractivity contribution in [1.29, 1.82) is 0 Å². The Morgan fingerprint density at radius 2 is 1.58 bits per heavy atom. The molecule has 1 fully saturated rings. The number of benzene rings is 2. The summed E-state index contributed by atoms with van der Waals surface area (Å²) in [7, 11) is -3.42. The molecule has 0 bridgehead atoms. The highest BCUT2D eigenvalue weighted by Crippen LogP contribution is 2.28. The second-order valence-corrected chi connectivity index (χ2v) is 10.8. The molecule has 0 unspecified atom stereocenters. The summed E-state index contributed by atoms with van der Waals surface area (Å²) in [4.78, 5) is 12.9. The standard InChI is InChI=1S/C24H31BrN2O3S/c1-3-19-16-21(25)17-20(4-2)24(19)26-23(28)13-10-18-8-11-22(12-9-18)31(29,30)27-14-6-5-7-15-27/h8-9,11-12,16-17H,3-7,10,13-15H2,1-2H3,(H,26,28). The van der Waals surface area contributed by atoms with Crippen molar-refractivity contribution in [2.75, 3.05) is 18.4 Å². The Hall–Kier alpha value is -1.70. The van der Waals surface area contributed by atoms with E-state index >= 15 is 0 Å². The van der Waals surface area contributed by atoms with Crippen molar-refractivity contribution in [2.45, 2.75) is 63.7 Å². The lowest BCUT2D eigenvalue weighted by atomic mass is 10.0. The second-order valence-electron chi connectivity index (χ2n) is 7.96. The molecule has 0 atom stereocenters. The minimum Gasteiger partial charge on any atom is -0.326 e. The van der Waals surface area contributed by atoms with Crippen LogP contribution in [0.5, 0.6) is 0 Å². The minimum absolute atomic E-state index is 0.0308. The maximum atomic E-state index is 12.8. The summed E-state index contributed by atoms with van der Waals surface area (Å²) in [6.45, 7) is 5.35. The molecule has 7 heteroatoms. The third kappa shape index (κ3) is 5.96. The summed E-state index contributed by atoms with van der Waals surface area (Å²) in [6, 6.07) is 11.1. The Bertz CT molecular complexity index is 989. The molecule has 5 nitrogen and oxygen atoms in total. The van der Waals surface area contributed by atoms with Crippen LogP contribution >= 0.6 is 15.9 Å². The Kier molecular flexibility index (Phi) is 8.30. The lowest BCUT2D eigenvalue weighted by molar-refractivity contribution is -0.116. The van der Waals surface area contributed by atoms with Gasteiger partial charge >= 0.3 is 0 Å². The fraction of sp³-hybridized carbons (Fsp3) is 0.458. The van der Waals surface area contributed by atoms with E-state index in [1.165, 1.54) is 0 Å². The lowest BCUT2D eigenvalue weighted by Crippen LogP contribution is -2.35. The number of rotatable bonds is 8. The average molecular weight is 507 g/mol. The molecular formula is C24H31BrN2O3S. The van der Waals surface area contributed by atoms with E-state index in [1.54, 1.807) is 16.4 Å². The van der Waals surface area contributed by atoms with Crippen molar-refractivity contribution in [3.63, 3.8) is 0 Å². The summed E-state index contributed by atoms with van der Waals surface area (Å²) >= 11 is 3.54. The normalized spacial score (nSPS) is 15.1. The van der Waals surface area contributed by atoms with Gasteiger partial charge in [0.1, 0.15) is 0 Å². The fourth-order valence-corrected chi connectivity index (χ4v) is 6.06. The monoisotopic (exact) mass is 506 g/mol.